The maximum atomic E-state index is 14.1. The number of H-pyrrole nitrogens is 1. The van der Waals surface area contributed by atoms with Gasteiger partial charge >= 0.3 is 0 Å². The summed E-state index contributed by atoms with van der Waals surface area (Å²) in [5.74, 6) is -0.614. The van der Waals surface area contributed by atoms with Crippen LogP contribution in [0.5, 0.6) is 0 Å². The summed E-state index contributed by atoms with van der Waals surface area (Å²) in [6.45, 7) is 2.15. The molecule has 0 atom stereocenters. The number of carbonyl (C=O) groups excluding carboxylic acids is 1. The van der Waals surface area contributed by atoms with Gasteiger partial charge in [0.05, 0.1) is 5.69 Å². The second-order valence-corrected chi connectivity index (χ2v) is 5.29. The molecule has 1 aromatic carbocycles. The summed E-state index contributed by atoms with van der Waals surface area (Å²) in [5, 5.41) is 6.61. The molecule has 0 fully saturated rings. The molecule has 0 saturated carbocycles. The number of rotatable bonds is 4. The van der Waals surface area contributed by atoms with Crippen molar-refractivity contribution in [1.82, 2.24) is 15.3 Å². The fraction of sp³-hybridized carbons (Fsp3) is 0.176. The highest BCUT2D eigenvalue weighted by Gasteiger charge is 2.13. The lowest BCUT2D eigenvalue weighted by Gasteiger charge is -2.12. The molecule has 0 unspecified atom stereocenters. The molecule has 0 bridgehead atoms. The zero-order chi connectivity index (χ0) is 16.4. The third-order valence-electron chi connectivity index (χ3n) is 3.81. The lowest BCUT2D eigenvalue weighted by molar-refractivity contribution is 0.0962. The number of benzene rings is 1. The summed E-state index contributed by atoms with van der Waals surface area (Å²) in [4.78, 5) is 19.1. The van der Waals surface area contributed by atoms with Crippen LogP contribution in [0.2, 0.25) is 0 Å². The van der Waals surface area contributed by atoms with Gasteiger partial charge in [0, 0.05) is 36.9 Å². The molecule has 0 aliphatic carbocycles. The van der Waals surface area contributed by atoms with Gasteiger partial charge < -0.3 is 15.6 Å². The number of nitrogens with one attached hydrogen (secondary N) is 3. The van der Waals surface area contributed by atoms with E-state index in [0.717, 1.165) is 16.6 Å². The Labute approximate surface area is 132 Å². The van der Waals surface area contributed by atoms with E-state index in [0.29, 0.717) is 23.4 Å². The van der Waals surface area contributed by atoms with Crippen molar-refractivity contribution in [2.24, 2.45) is 0 Å². The van der Waals surface area contributed by atoms with Gasteiger partial charge in [-0.25, -0.2) is 9.37 Å². The van der Waals surface area contributed by atoms with Gasteiger partial charge in [0.25, 0.3) is 5.91 Å². The van der Waals surface area contributed by atoms with Crippen molar-refractivity contribution < 1.29 is 9.18 Å². The monoisotopic (exact) mass is 312 g/mol. The van der Waals surface area contributed by atoms with Crippen molar-refractivity contribution in [3.05, 3.63) is 59.2 Å². The van der Waals surface area contributed by atoms with Gasteiger partial charge in [-0.1, -0.05) is 0 Å². The normalized spacial score (nSPS) is 10.7. The summed E-state index contributed by atoms with van der Waals surface area (Å²) in [7, 11) is 1.55. The van der Waals surface area contributed by atoms with E-state index in [9.17, 15) is 9.18 Å². The summed E-state index contributed by atoms with van der Waals surface area (Å²) >= 11 is 0. The van der Waals surface area contributed by atoms with Crippen molar-refractivity contribution in [2.75, 3.05) is 12.4 Å². The van der Waals surface area contributed by atoms with Crippen LogP contribution < -0.4 is 10.6 Å². The Kier molecular flexibility index (Phi) is 3.97. The van der Waals surface area contributed by atoms with Crippen molar-refractivity contribution in [2.45, 2.75) is 13.5 Å². The fourth-order valence-corrected chi connectivity index (χ4v) is 2.55. The quantitative estimate of drug-likeness (QED) is 0.693. The van der Waals surface area contributed by atoms with E-state index >= 15 is 0 Å². The van der Waals surface area contributed by atoms with Crippen LogP contribution in [0.15, 0.2) is 36.7 Å². The van der Waals surface area contributed by atoms with E-state index in [1.807, 2.05) is 18.3 Å². The Balaban J connectivity index is 1.88. The highest BCUT2D eigenvalue weighted by atomic mass is 19.1. The number of aromatic nitrogens is 2. The first-order chi connectivity index (χ1) is 11.1. The Morgan fingerprint density at radius 1 is 1.35 bits per heavy atom. The van der Waals surface area contributed by atoms with Gasteiger partial charge in [-0.3, -0.25) is 4.79 Å². The molecule has 1 amide bonds. The topological polar surface area (TPSA) is 69.8 Å². The first-order valence-electron chi connectivity index (χ1n) is 7.27. The van der Waals surface area contributed by atoms with Crippen molar-refractivity contribution in [1.29, 1.82) is 0 Å². The van der Waals surface area contributed by atoms with Gasteiger partial charge in [-0.15, -0.1) is 0 Å². The maximum Gasteiger partial charge on any atom is 0.251 e. The van der Waals surface area contributed by atoms with Crippen molar-refractivity contribution in [3.63, 3.8) is 0 Å². The number of aryl methyl sites for hydroxylation is 1. The third kappa shape index (κ3) is 2.88. The molecular formula is C17H17FN4O. The minimum atomic E-state index is -0.380. The van der Waals surface area contributed by atoms with Gasteiger partial charge in [-0.05, 0) is 42.3 Å². The highest BCUT2D eigenvalue weighted by Crippen LogP contribution is 2.22. The fourth-order valence-electron chi connectivity index (χ4n) is 2.55. The molecular weight excluding hydrogens is 295 g/mol. The van der Waals surface area contributed by atoms with E-state index in [1.54, 1.807) is 26.2 Å². The Morgan fingerprint density at radius 3 is 2.96 bits per heavy atom. The number of halogens is 1. The van der Waals surface area contributed by atoms with Crippen LogP contribution in [0.25, 0.3) is 11.0 Å². The largest absolute Gasteiger partial charge is 0.379 e. The zero-order valence-corrected chi connectivity index (χ0v) is 12.9. The van der Waals surface area contributed by atoms with Gasteiger partial charge in [0.1, 0.15) is 11.5 Å². The van der Waals surface area contributed by atoms with Crippen LogP contribution in [-0.2, 0) is 6.54 Å². The van der Waals surface area contributed by atoms with E-state index in [4.69, 9.17) is 0 Å². The smallest absolute Gasteiger partial charge is 0.251 e. The predicted molar refractivity (Wildman–Crippen MR) is 87.9 cm³/mol. The van der Waals surface area contributed by atoms with Crippen LogP contribution in [0.4, 0.5) is 10.1 Å². The lowest BCUT2D eigenvalue weighted by atomic mass is 10.1. The second-order valence-electron chi connectivity index (χ2n) is 5.29. The summed E-state index contributed by atoms with van der Waals surface area (Å²) in [6, 6.07) is 6.72. The molecule has 2 aromatic heterocycles. The number of aromatic amines is 1. The van der Waals surface area contributed by atoms with Crippen LogP contribution in [0.3, 0.4) is 0 Å². The van der Waals surface area contributed by atoms with Crippen LogP contribution in [0.1, 0.15) is 21.5 Å². The van der Waals surface area contributed by atoms with E-state index < -0.39 is 0 Å². The highest BCUT2D eigenvalue weighted by molar-refractivity contribution is 5.96. The SMILES string of the molecule is CNC(=O)c1cc(NCc2ccnc3[nH]ccc23)c(F)cc1C. The number of amides is 1. The number of hydrogen-bond acceptors (Lipinski definition) is 3. The predicted octanol–water partition coefficient (Wildman–Crippen LogP) is 2.98. The average molecular weight is 312 g/mol. The van der Waals surface area contributed by atoms with E-state index in [-0.39, 0.29) is 11.7 Å². The van der Waals surface area contributed by atoms with Crippen LogP contribution in [-0.4, -0.2) is 22.9 Å². The summed E-state index contributed by atoms with van der Waals surface area (Å²) in [6.07, 6.45) is 3.52. The Bertz CT molecular complexity index is 872. The molecule has 2 heterocycles. The maximum absolute atomic E-state index is 14.1. The first-order valence-corrected chi connectivity index (χ1v) is 7.27. The number of fused-ring (bicyclic) bond motifs is 1. The Hall–Kier alpha value is -2.89. The first kappa shape index (κ1) is 15.0. The summed E-state index contributed by atoms with van der Waals surface area (Å²) in [5.41, 5.74) is 3.15. The summed E-state index contributed by atoms with van der Waals surface area (Å²) < 4.78 is 14.1. The van der Waals surface area contributed by atoms with Gasteiger partial charge in [-0.2, -0.15) is 0 Å². The molecule has 0 spiro atoms. The van der Waals surface area contributed by atoms with E-state index in [1.165, 1.54) is 6.07 Å². The standard InChI is InChI=1S/C17H17FN4O/c1-10-7-14(18)15(8-13(10)17(23)19-2)22-9-11-3-5-20-16-12(11)4-6-21-16/h3-8,22H,9H2,1-2H3,(H,19,23)(H,20,21). The molecule has 23 heavy (non-hydrogen) atoms. The molecule has 0 saturated heterocycles. The van der Waals surface area contributed by atoms with Crippen LogP contribution >= 0.6 is 0 Å². The molecule has 3 N–H and O–H groups in total. The minimum Gasteiger partial charge on any atom is -0.379 e. The van der Waals surface area contributed by atoms with Gasteiger partial charge in [0.15, 0.2) is 0 Å². The minimum absolute atomic E-state index is 0.234. The lowest BCUT2D eigenvalue weighted by Crippen LogP contribution is -2.19. The number of anilines is 1. The van der Waals surface area contributed by atoms with Crippen LogP contribution in [0, 0.1) is 12.7 Å². The van der Waals surface area contributed by atoms with Crippen molar-refractivity contribution in [3.8, 4) is 0 Å². The third-order valence-corrected chi connectivity index (χ3v) is 3.81. The number of nitrogens with zero attached hydrogens (tertiary/aromatic N) is 1. The molecule has 3 aromatic rings. The number of carbonyl (C=O) groups is 1. The molecule has 0 radical (unpaired) electrons. The Morgan fingerprint density at radius 2 is 2.17 bits per heavy atom. The van der Waals surface area contributed by atoms with Crippen molar-refractivity contribution >= 4 is 22.6 Å². The molecule has 118 valence electrons. The molecule has 5 nitrogen and oxygen atoms in total. The second kappa shape index (κ2) is 6.08. The molecule has 0 aliphatic heterocycles. The molecule has 6 heteroatoms. The molecule has 0 aliphatic rings. The van der Waals surface area contributed by atoms with E-state index in [2.05, 4.69) is 20.6 Å². The van der Waals surface area contributed by atoms with Gasteiger partial charge in [0.2, 0.25) is 0 Å². The molecule has 3 rings (SSSR count). The zero-order valence-electron chi connectivity index (χ0n) is 12.9. The number of pyridine rings is 1. The number of hydrogen-bond donors (Lipinski definition) is 3. The average Bonchev–Trinajstić information content (AvgIpc) is 3.02.